The van der Waals surface area contributed by atoms with Crippen molar-refractivity contribution >= 4 is 11.7 Å². The summed E-state index contributed by atoms with van der Waals surface area (Å²) in [6.45, 7) is 2.95. The first kappa shape index (κ1) is 18.7. The third-order valence-electron chi connectivity index (χ3n) is 5.70. The number of nitrogens with one attached hydrogen (secondary N) is 1. The van der Waals surface area contributed by atoms with Crippen LogP contribution in [0.4, 0.5) is 10.5 Å². The number of aryl methyl sites for hydroxylation is 2. The number of carbonyl (C=O) groups excluding carboxylic acids is 1. The molecule has 2 aromatic heterocycles. The van der Waals surface area contributed by atoms with Gasteiger partial charge in [-0.15, -0.1) is 0 Å². The molecule has 8 heteroatoms. The number of anilines is 1. The maximum Gasteiger partial charge on any atom is 0.322 e. The van der Waals surface area contributed by atoms with Gasteiger partial charge in [0.1, 0.15) is 6.61 Å². The van der Waals surface area contributed by atoms with Gasteiger partial charge >= 0.3 is 6.03 Å². The fraction of sp³-hybridized carbons (Fsp3) is 0.364. The summed E-state index contributed by atoms with van der Waals surface area (Å²) < 4.78 is 10.2. The number of hydrogen-bond acceptors (Lipinski definition) is 6. The second-order valence-corrected chi connectivity index (χ2v) is 7.78. The molecule has 0 radical (unpaired) electrons. The number of methoxy groups -OCH3 is 1. The Balaban J connectivity index is 1.32. The summed E-state index contributed by atoms with van der Waals surface area (Å²) in [6.07, 6.45) is 4.42. The molecule has 0 spiro atoms. The Kier molecular flexibility index (Phi) is 4.71. The van der Waals surface area contributed by atoms with Crippen LogP contribution >= 0.6 is 0 Å². The molecule has 1 N–H and O–H groups in total. The van der Waals surface area contributed by atoms with Gasteiger partial charge in [-0.1, -0.05) is 17.3 Å². The smallest absolute Gasteiger partial charge is 0.322 e. The zero-order valence-corrected chi connectivity index (χ0v) is 17.0. The Labute approximate surface area is 174 Å². The van der Waals surface area contributed by atoms with Crippen molar-refractivity contribution in [2.24, 2.45) is 0 Å². The molecule has 3 aromatic rings. The quantitative estimate of drug-likeness (QED) is 0.716. The number of fused-ring (bicyclic) bond motifs is 2. The van der Waals surface area contributed by atoms with Crippen LogP contribution in [0.5, 0.6) is 0 Å². The minimum atomic E-state index is -0.0644. The van der Waals surface area contributed by atoms with Crippen molar-refractivity contribution in [2.75, 3.05) is 18.6 Å². The van der Waals surface area contributed by atoms with Gasteiger partial charge in [-0.25, -0.2) is 4.79 Å². The van der Waals surface area contributed by atoms with Crippen LogP contribution in [0.1, 0.15) is 40.7 Å². The second-order valence-electron chi connectivity index (χ2n) is 7.78. The molecule has 2 amide bonds. The van der Waals surface area contributed by atoms with E-state index >= 15 is 0 Å². The largest absolute Gasteiger partial charge is 0.375 e. The summed E-state index contributed by atoms with van der Waals surface area (Å²) in [5, 5.41) is 7.24. The molecule has 0 saturated carbocycles. The summed E-state index contributed by atoms with van der Waals surface area (Å²) in [4.78, 5) is 23.6. The molecule has 30 heavy (non-hydrogen) atoms. The predicted molar refractivity (Wildman–Crippen MR) is 110 cm³/mol. The molecule has 0 fully saturated rings. The highest BCUT2D eigenvalue weighted by Gasteiger charge is 2.30. The van der Waals surface area contributed by atoms with Crippen molar-refractivity contribution in [3.05, 3.63) is 58.7 Å². The summed E-state index contributed by atoms with van der Waals surface area (Å²) in [5.74, 6) is 1.00. The first-order valence-corrected chi connectivity index (χ1v) is 10.1. The van der Waals surface area contributed by atoms with Gasteiger partial charge in [0.2, 0.25) is 5.82 Å². The molecule has 2 aliphatic rings. The number of carbonyl (C=O) groups is 1. The monoisotopic (exact) mass is 405 g/mol. The van der Waals surface area contributed by atoms with E-state index in [1.54, 1.807) is 12.0 Å². The third kappa shape index (κ3) is 3.33. The van der Waals surface area contributed by atoms with E-state index in [4.69, 9.17) is 9.26 Å². The van der Waals surface area contributed by atoms with E-state index in [2.05, 4.69) is 32.6 Å². The zero-order valence-electron chi connectivity index (χ0n) is 17.0. The normalized spacial score (nSPS) is 17.1. The Morgan fingerprint density at radius 2 is 2.23 bits per heavy atom. The van der Waals surface area contributed by atoms with Gasteiger partial charge < -0.3 is 14.6 Å². The number of hydrogen-bond donors (Lipinski definition) is 1. The molecular weight excluding hydrogens is 382 g/mol. The van der Waals surface area contributed by atoms with Crippen LogP contribution in [0, 0.1) is 6.92 Å². The lowest BCUT2D eigenvalue weighted by Crippen LogP contribution is -2.40. The number of amides is 2. The average Bonchev–Trinajstić information content (AvgIpc) is 3.46. The van der Waals surface area contributed by atoms with Crippen LogP contribution in [0.3, 0.4) is 0 Å². The molecular formula is C22H23N5O3. The average molecular weight is 405 g/mol. The number of benzene rings is 1. The van der Waals surface area contributed by atoms with Crippen LogP contribution in [0.25, 0.3) is 11.4 Å². The van der Waals surface area contributed by atoms with Gasteiger partial charge in [0.05, 0.1) is 17.4 Å². The van der Waals surface area contributed by atoms with Gasteiger partial charge in [-0.05, 0) is 48.6 Å². The second kappa shape index (κ2) is 7.53. The maximum absolute atomic E-state index is 13.0. The number of ether oxygens (including phenoxy) is 1. The van der Waals surface area contributed by atoms with Crippen LogP contribution in [-0.2, 0) is 24.2 Å². The third-order valence-corrected chi connectivity index (χ3v) is 5.70. The van der Waals surface area contributed by atoms with Crippen molar-refractivity contribution in [3.8, 4) is 11.4 Å². The minimum absolute atomic E-state index is 0.00214. The fourth-order valence-electron chi connectivity index (χ4n) is 4.25. The van der Waals surface area contributed by atoms with Gasteiger partial charge in [0.15, 0.2) is 0 Å². The van der Waals surface area contributed by atoms with Crippen LogP contribution < -0.4 is 10.2 Å². The Morgan fingerprint density at radius 3 is 3.10 bits per heavy atom. The zero-order chi connectivity index (χ0) is 20.7. The molecule has 0 unspecified atom stereocenters. The highest BCUT2D eigenvalue weighted by atomic mass is 16.5. The molecule has 1 aromatic carbocycles. The van der Waals surface area contributed by atoms with Crippen LogP contribution in [0.15, 0.2) is 35.0 Å². The SMILES string of the molecule is COCc1nc(-c2ccc3c(c2)CC[C@H]3NC(=O)N2CCc3ncc(C)cc32)no1. The number of rotatable bonds is 4. The predicted octanol–water partition coefficient (Wildman–Crippen LogP) is 3.35. The van der Waals surface area contributed by atoms with Crippen molar-refractivity contribution in [1.82, 2.24) is 20.4 Å². The van der Waals surface area contributed by atoms with E-state index < -0.39 is 0 Å². The molecule has 0 bridgehead atoms. The van der Waals surface area contributed by atoms with E-state index in [9.17, 15) is 4.79 Å². The molecule has 1 atom stereocenters. The number of pyridine rings is 1. The lowest BCUT2D eigenvalue weighted by Gasteiger charge is -2.22. The topological polar surface area (TPSA) is 93.4 Å². The van der Waals surface area contributed by atoms with E-state index in [1.165, 1.54) is 5.56 Å². The first-order valence-electron chi connectivity index (χ1n) is 10.1. The number of aromatic nitrogens is 3. The van der Waals surface area contributed by atoms with Gasteiger partial charge in [-0.3, -0.25) is 9.88 Å². The highest BCUT2D eigenvalue weighted by Crippen LogP contribution is 2.35. The summed E-state index contributed by atoms with van der Waals surface area (Å²) >= 11 is 0. The summed E-state index contributed by atoms with van der Waals surface area (Å²) in [6, 6.07) is 8.08. The van der Waals surface area contributed by atoms with E-state index in [0.29, 0.717) is 24.9 Å². The Morgan fingerprint density at radius 1 is 1.33 bits per heavy atom. The van der Waals surface area contributed by atoms with Crippen LogP contribution in [-0.4, -0.2) is 34.8 Å². The van der Waals surface area contributed by atoms with E-state index in [-0.39, 0.29) is 12.1 Å². The van der Waals surface area contributed by atoms with Gasteiger partial charge in [0.25, 0.3) is 5.89 Å². The van der Waals surface area contributed by atoms with Crippen LogP contribution in [0.2, 0.25) is 0 Å². The molecule has 0 saturated heterocycles. The van der Waals surface area contributed by atoms with Crippen molar-refractivity contribution < 1.29 is 14.1 Å². The fourth-order valence-corrected chi connectivity index (χ4v) is 4.25. The minimum Gasteiger partial charge on any atom is -0.375 e. The highest BCUT2D eigenvalue weighted by molar-refractivity contribution is 5.94. The molecule has 1 aliphatic carbocycles. The Hall–Kier alpha value is -3.26. The lowest BCUT2D eigenvalue weighted by atomic mass is 10.0. The molecule has 5 rings (SSSR count). The van der Waals surface area contributed by atoms with Crippen molar-refractivity contribution in [3.63, 3.8) is 0 Å². The molecule has 1 aliphatic heterocycles. The first-order chi connectivity index (χ1) is 14.6. The van der Waals surface area contributed by atoms with Gasteiger partial charge in [-0.2, -0.15) is 4.98 Å². The molecule has 154 valence electrons. The molecule has 3 heterocycles. The standard InChI is InChI=1S/C22H23N5O3/c1-13-9-19-18(23-11-13)7-8-27(19)22(28)24-17-6-4-14-10-15(3-5-16(14)17)21-25-20(12-29-2)30-26-21/h3,5,9-11,17H,4,6-8,12H2,1-2H3,(H,24,28)/t17-/m1/s1. The summed E-state index contributed by atoms with van der Waals surface area (Å²) in [7, 11) is 1.59. The van der Waals surface area contributed by atoms with Gasteiger partial charge in [0, 0.05) is 31.8 Å². The van der Waals surface area contributed by atoms with Crippen molar-refractivity contribution in [1.29, 1.82) is 0 Å². The Bertz CT molecular complexity index is 1110. The molecule has 8 nitrogen and oxygen atoms in total. The lowest BCUT2D eigenvalue weighted by molar-refractivity contribution is 0.151. The van der Waals surface area contributed by atoms with E-state index in [1.807, 2.05) is 25.3 Å². The maximum atomic E-state index is 13.0. The number of nitrogens with zero attached hydrogens (tertiary/aromatic N) is 4. The number of urea groups is 1. The van der Waals surface area contributed by atoms with E-state index in [0.717, 1.165) is 47.3 Å². The van der Waals surface area contributed by atoms with Crippen molar-refractivity contribution in [2.45, 2.75) is 38.8 Å². The summed E-state index contributed by atoms with van der Waals surface area (Å²) in [5.41, 5.74) is 6.22.